The van der Waals surface area contributed by atoms with Gasteiger partial charge in [-0.2, -0.15) is 0 Å². The number of anilines is 1. The molecule has 5 heteroatoms. The van der Waals surface area contributed by atoms with Gasteiger partial charge in [0.05, 0.1) is 16.8 Å². The minimum absolute atomic E-state index is 0.0664. The van der Waals surface area contributed by atoms with Gasteiger partial charge in [0.2, 0.25) is 0 Å². The molecule has 2 heterocycles. The summed E-state index contributed by atoms with van der Waals surface area (Å²) in [6.07, 6.45) is 0. The van der Waals surface area contributed by atoms with Crippen molar-refractivity contribution in [2.24, 2.45) is 5.92 Å². The van der Waals surface area contributed by atoms with Crippen molar-refractivity contribution in [2.45, 2.75) is 40.3 Å². The summed E-state index contributed by atoms with van der Waals surface area (Å²) in [5.41, 5.74) is 4.19. The molecule has 1 aromatic carbocycles. The van der Waals surface area contributed by atoms with Gasteiger partial charge in [-0.25, -0.2) is 4.79 Å². The number of benzene rings is 1. The number of carbonyl (C=O) groups excluding carboxylic acids is 1. The van der Waals surface area contributed by atoms with Crippen LogP contribution in [0.5, 0.6) is 0 Å². The number of halogens is 1. The highest BCUT2D eigenvalue weighted by Gasteiger charge is 2.33. The molecule has 1 aliphatic heterocycles. The molecule has 2 amide bonds. The average Bonchev–Trinajstić information content (AvgIpc) is 2.90. The lowest BCUT2D eigenvalue weighted by atomic mass is 9.97. The molecule has 1 unspecified atom stereocenters. The van der Waals surface area contributed by atoms with Crippen molar-refractivity contribution < 1.29 is 4.79 Å². The van der Waals surface area contributed by atoms with Crippen LogP contribution in [0.3, 0.4) is 0 Å². The van der Waals surface area contributed by atoms with Gasteiger partial charge in [-0.3, -0.25) is 0 Å². The van der Waals surface area contributed by atoms with E-state index in [0.29, 0.717) is 23.2 Å². The van der Waals surface area contributed by atoms with E-state index in [1.165, 1.54) is 11.4 Å². The number of aryl methyl sites for hydroxylation is 2. The summed E-state index contributed by atoms with van der Waals surface area (Å²) in [5.74, 6) is 0.331. The molecule has 0 bridgehead atoms. The third kappa shape index (κ3) is 3.03. The fraction of sp³-hybridized carbons (Fsp3) is 0.421. The summed E-state index contributed by atoms with van der Waals surface area (Å²) in [6, 6.07) is 9.91. The number of amides is 2. The van der Waals surface area contributed by atoms with Crippen LogP contribution in [-0.4, -0.2) is 22.0 Å². The number of fused-ring (bicyclic) bond motifs is 1. The van der Waals surface area contributed by atoms with Crippen molar-refractivity contribution in [1.29, 1.82) is 0 Å². The lowest BCUT2D eigenvalue weighted by Crippen LogP contribution is -2.46. The van der Waals surface area contributed by atoms with Crippen molar-refractivity contribution >= 4 is 23.3 Å². The highest BCUT2D eigenvalue weighted by Crippen LogP contribution is 2.34. The molecule has 1 aliphatic rings. The second kappa shape index (κ2) is 6.52. The van der Waals surface area contributed by atoms with Gasteiger partial charge in [0.15, 0.2) is 0 Å². The maximum absolute atomic E-state index is 12.9. The summed E-state index contributed by atoms with van der Waals surface area (Å²) >= 11 is 6.26. The molecule has 0 fully saturated rings. The quantitative estimate of drug-likeness (QED) is 0.816. The van der Waals surface area contributed by atoms with E-state index in [2.05, 4.69) is 42.8 Å². The van der Waals surface area contributed by atoms with Crippen LogP contribution in [0.1, 0.15) is 36.8 Å². The summed E-state index contributed by atoms with van der Waals surface area (Å²) in [4.78, 5) is 14.8. The first-order chi connectivity index (χ1) is 11.4. The van der Waals surface area contributed by atoms with Crippen LogP contribution in [-0.2, 0) is 6.54 Å². The van der Waals surface area contributed by atoms with E-state index in [4.69, 9.17) is 11.6 Å². The smallest absolute Gasteiger partial charge is 0.322 e. The standard InChI is InChI=1S/C19H24ClN3O/c1-12(2)18-17-8-6-14(4)22(17)9-10-23(18)19(24)21-16-7-5-13(3)11-15(16)20/h5-8,11-12,18H,9-10H2,1-4H3,(H,21,24). The summed E-state index contributed by atoms with van der Waals surface area (Å²) in [6.45, 7) is 9.92. The van der Waals surface area contributed by atoms with Crippen molar-refractivity contribution in [3.63, 3.8) is 0 Å². The monoisotopic (exact) mass is 345 g/mol. The normalized spacial score (nSPS) is 17.1. The van der Waals surface area contributed by atoms with E-state index in [1.54, 1.807) is 0 Å². The number of hydrogen-bond acceptors (Lipinski definition) is 1. The fourth-order valence-corrected chi connectivity index (χ4v) is 3.78. The number of carbonyl (C=O) groups is 1. The van der Waals surface area contributed by atoms with Crippen molar-refractivity contribution in [3.8, 4) is 0 Å². The Bertz CT molecular complexity index is 766. The first-order valence-electron chi connectivity index (χ1n) is 8.38. The van der Waals surface area contributed by atoms with Crippen LogP contribution in [0.4, 0.5) is 10.5 Å². The lowest BCUT2D eigenvalue weighted by Gasteiger charge is -2.39. The lowest BCUT2D eigenvalue weighted by molar-refractivity contribution is 0.143. The molecule has 24 heavy (non-hydrogen) atoms. The zero-order valence-corrected chi connectivity index (χ0v) is 15.4. The minimum atomic E-state index is -0.0930. The molecule has 3 rings (SSSR count). The predicted octanol–water partition coefficient (Wildman–Crippen LogP) is 5.00. The van der Waals surface area contributed by atoms with Gasteiger partial charge in [0.1, 0.15) is 0 Å². The second-order valence-electron chi connectivity index (χ2n) is 6.85. The molecule has 1 aromatic heterocycles. The highest BCUT2D eigenvalue weighted by atomic mass is 35.5. The van der Waals surface area contributed by atoms with E-state index in [0.717, 1.165) is 12.1 Å². The van der Waals surface area contributed by atoms with E-state index in [-0.39, 0.29) is 12.1 Å². The van der Waals surface area contributed by atoms with Gasteiger partial charge in [-0.1, -0.05) is 31.5 Å². The number of hydrogen-bond donors (Lipinski definition) is 1. The van der Waals surface area contributed by atoms with Crippen LogP contribution in [0, 0.1) is 19.8 Å². The Hall–Kier alpha value is -1.94. The molecule has 0 spiro atoms. The van der Waals surface area contributed by atoms with Gasteiger partial charge < -0.3 is 14.8 Å². The van der Waals surface area contributed by atoms with E-state index >= 15 is 0 Å². The van der Waals surface area contributed by atoms with Crippen molar-refractivity contribution in [1.82, 2.24) is 9.47 Å². The van der Waals surface area contributed by atoms with Gasteiger partial charge in [-0.15, -0.1) is 0 Å². The average molecular weight is 346 g/mol. The Balaban J connectivity index is 1.86. The van der Waals surface area contributed by atoms with E-state index in [1.807, 2.05) is 30.0 Å². The molecule has 0 saturated heterocycles. The van der Waals surface area contributed by atoms with Crippen LogP contribution in [0.25, 0.3) is 0 Å². The Morgan fingerprint density at radius 2 is 1.96 bits per heavy atom. The van der Waals surface area contributed by atoms with Gasteiger partial charge in [-0.05, 0) is 49.6 Å². The largest absolute Gasteiger partial charge is 0.345 e. The molecule has 4 nitrogen and oxygen atoms in total. The molecule has 2 aromatic rings. The molecule has 1 N–H and O–H groups in total. The van der Waals surface area contributed by atoms with Gasteiger partial charge in [0.25, 0.3) is 0 Å². The third-order valence-corrected chi connectivity index (χ3v) is 5.01. The topological polar surface area (TPSA) is 37.3 Å². The number of nitrogens with one attached hydrogen (secondary N) is 1. The first kappa shape index (κ1) is 16.9. The molecule has 1 atom stereocenters. The molecular weight excluding hydrogens is 322 g/mol. The van der Waals surface area contributed by atoms with E-state index < -0.39 is 0 Å². The van der Waals surface area contributed by atoms with Gasteiger partial charge >= 0.3 is 6.03 Å². The van der Waals surface area contributed by atoms with Crippen LogP contribution in [0.15, 0.2) is 30.3 Å². The first-order valence-corrected chi connectivity index (χ1v) is 8.76. The molecule has 128 valence electrons. The maximum Gasteiger partial charge on any atom is 0.322 e. The zero-order valence-electron chi connectivity index (χ0n) is 14.6. The van der Waals surface area contributed by atoms with Crippen LogP contribution >= 0.6 is 11.6 Å². The number of aromatic nitrogens is 1. The fourth-order valence-electron chi connectivity index (χ4n) is 3.50. The molecule has 0 saturated carbocycles. The Labute approximate surface area is 148 Å². The summed E-state index contributed by atoms with van der Waals surface area (Å²) < 4.78 is 2.31. The van der Waals surface area contributed by atoms with Crippen LogP contribution < -0.4 is 5.32 Å². The predicted molar refractivity (Wildman–Crippen MR) is 98.7 cm³/mol. The number of urea groups is 1. The van der Waals surface area contributed by atoms with E-state index in [9.17, 15) is 4.79 Å². The second-order valence-corrected chi connectivity index (χ2v) is 7.25. The van der Waals surface area contributed by atoms with Crippen molar-refractivity contribution in [2.75, 3.05) is 11.9 Å². The highest BCUT2D eigenvalue weighted by molar-refractivity contribution is 6.33. The summed E-state index contributed by atoms with van der Waals surface area (Å²) in [7, 11) is 0. The molecule has 0 aliphatic carbocycles. The Morgan fingerprint density at radius 1 is 1.21 bits per heavy atom. The number of nitrogens with zero attached hydrogens (tertiary/aromatic N) is 2. The molecular formula is C19H24ClN3O. The molecule has 0 radical (unpaired) electrons. The Morgan fingerprint density at radius 3 is 2.62 bits per heavy atom. The third-order valence-electron chi connectivity index (χ3n) is 4.69. The Kier molecular flexibility index (Phi) is 4.59. The van der Waals surface area contributed by atoms with Crippen LogP contribution in [0.2, 0.25) is 5.02 Å². The van der Waals surface area contributed by atoms with Crippen molar-refractivity contribution in [3.05, 3.63) is 52.3 Å². The SMILES string of the molecule is Cc1ccc(NC(=O)N2CCn3c(C)ccc3C2C(C)C)c(Cl)c1. The zero-order chi connectivity index (χ0) is 17.4. The maximum atomic E-state index is 12.9. The number of rotatable bonds is 2. The van der Waals surface area contributed by atoms with Gasteiger partial charge in [0, 0.05) is 24.5 Å². The summed E-state index contributed by atoms with van der Waals surface area (Å²) in [5, 5.41) is 3.55. The minimum Gasteiger partial charge on any atom is -0.345 e.